The lowest BCUT2D eigenvalue weighted by atomic mass is 10.1. The molecule has 0 aliphatic carbocycles. The van der Waals surface area contributed by atoms with Gasteiger partial charge >= 0.3 is 0 Å². The highest BCUT2D eigenvalue weighted by atomic mass is 32.2. The molecule has 0 spiro atoms. The number of amides is 1. The predicted molar refractivity (Wildman–Crippen MR) is 136 cm³/mol. The van der Waals surface area contributed by atoms with Gasteiger partial charge in [0.25, 0.3) is 20.2 Å². The van der Waals surface area contributed by atoms with Crippen LogP contribution in [0.4, 0.5) is 11.4 Å². The molecule has 1 heterocycles. The maximum atomic E-state index is 12.5. The molecule has 3 rings (SSSR count). The van der Waals surface area contributed by atoms with E-state index in [2.05, 4.69) is 32.7 Å². The smallest absolute Gasteiger partial charge is 0.295 e. The minimum absolute atomic E-state index is 0.00260. The molecule has 0 bridgehead atoms. The number of nitrogens with zero attached hydrogens (tertiary/aromatic N) is 2. The fourth-order valence-electron chi connectivity index (χ4n) is 3.10. The van der Waals surface area contributed by atoms with Gasteiger partial charge in [0.1, 0.15) is 15.8 Å². The Morgan fingerprint density at radius 3 is 2.08 bits per heavy atom. The van der Waals surface area contributed by atoms with E-state index in [1.54, 1.807) is 12.1 Å². The van der Waals surface area contributed by atoms with Crippen LogP contribution in [0.15, 0.2) is 75.7 Å². The summed E-state index contributed by atoms with van der Waals surface area (Å²) in [6.07, 6.45) is 5.36. The van der Waals surface area contributed by atoms with E-state index in [0.717, 1.165) is 12.1 Å². The van der Waals surface area contributed by atoms with Crippen LogP contribution in [0.5, 0.6) is 0 Å². The number of nitrogens with one attached hydrogen (secondary N) is 1. The largest absolute Gasteiger partial charge is 0.324 e. The molecule has 0 aliphatic heterocycles. The Hall–Kier alpha value is -3.62. The Bertz CT molecular complexity index is 1600. The lowest BCUT2D eigenvalue weighted by Crippen LogP contribution is -2.27. The number of hydrogen-bond acceptors (Lipinski definition) is 9. The van der Waals surface area contributed by atoms with Crippen molar-refractivity contribution in [2.75, 3.05) is 5.32 Å². The topological polar surface area (TPSA) is 189 Å². The summed E-state index contributed by atoms with van der Waals surface area (Å²) in [4.78, 5) is 18.9. The van der Waals surface area contributed by atoms with E-state index in [1.807, 2.05) is 0 Å². The molecule has 186 valence electrons. The number of aliphatic imine (C=N–C) groups is 1. The molecule has 2 aromatic carbocycles. The number of aromatic nitrogens is 1. The van der Waals surface area contributed by atoms with Crippen molar-refractivity contribution in [3.05, 3.63) is 77.6 Å². The van der Waals surface area contributed by atoms with Crippen LogP contribution < -0.4 is 11.1 Å². The summed E-state index contributed by atoms with van der Waals surface area (Å²) < 4.78 is 66.9. The van der Waals surface area contributed by atoms with Gasteiger partial charge in [-0.3, -0.25) is 18.9 Å². The van der Waals surface area contributed by atoms with Crippen molar-refractivity contribution in [2.45, 2.75) is 15.8 Å². The summed E-state index contributed by atoms with van der Waals surface area (Å²) in [7, 11) is -9.44. The normalized spacial score (nSPS) is 12.6. The lowest BCUT2D eigenvalue weighted by Gasteiger charge is -2.13. The number of isothiocyanates is 1. The Kier molecular flexibility index (Phi) is 8.22. The first kappa shape index (κ1) is 27.0. The number of thiocarbonyl (C=S) groups is 1. The minimum atomic E-state index is -4.77. The van der Waals surface area contributed by atoms with Gasteiger partial charge in [-0.25, -0.2) is 0 Å². The Balaban J connectivity index is 1.97. The average molecular weight is 547 g/mol. The number of nitrogens with two attached hydrogens (primary N) is 1. The summed E-state index contributed by atoms with van der Waals surface area (Å²) >= 11 is 4.48. The second-order valence-electron chi connectivity index (χ2n) is 7.21. The summed E-state index contributed by atoms with van der Waals surface area (Å²) in [5.74, 6) is -0.636. The van der Waals surface area contributed by atoms with Crippen LogP contribution in [0, 0.1) is 0 Å². The van der Waals surface area contributed by atoms with Crippen LogP contribution in [-0.4, -0.2) is 42.0 Å². The Labute approximate surface area is 211 Å². The molecule has 1 amide bonds. The zero-order valence-electron chi connectivity index (χ0n) is 18.1. The number of carbonyl (C=O) groups is 1. The monoisotopic (exact) mass is 546 g/mol. The number of carbonyl (C=O) groups excluding carboxylic acids is 1. The van der Waals surface area contributed by atoms with Gasteiger partial charge in [0.05, 0.1) is 10.8 Å². The third-order valence-corrected chi connectivity index (χ3v) is 6.71. The first-order chi connectivity index (χ1) is 16.9. The van der Waals surface area contributed by atoms with Gasteiger partial charge in [0.2, 0.25) is 5.91 Å². The third kappa shape index (κ3) is 6.74. The fourth-order valence-corrected chi connectivity index (χ4v) is 4.62. The SMILES string of the molecule is NC(C(=O)Nc1ccc(C=Cc2ccc(N=C=S)cc2S(=O)(=O)O)c(S(=O)(=O)O)c1)c1ccncc1. The van der Waals surface area contributed by atoms with Gasteiger partial charge in [-0.1, -0.05) is 24.3 Å². The highest BCUT2D eigenvalue weighted by Gasteiger charge is 2.20. The molecule has 0 radical (unpaired) electrons. The molecule has 1 atom stereocenters. The standard InChI is InChI=1S/C22H18N4O7S3/c23-21(16-7-9-24-10-8-16)22(27)26-18-6-4-15(20(12-18)36(31,32)33)2-1-14-3-5-17(25-13-34)11-19(14)35(28,29)30/h1-12,21H,23H2,(H,26,27)(H,28,29,30)(H,31,32,33). The van der Waals surface area contributed by atoms with Gasteiger partial charge in [0, 0.05) is 18.1 Å². The zero-order chi connectivity index (χ0) is 26.5. The fraction of sp³-hybridized carbons (Fsp3) is 0.0455. The minimum Gasteiger partial charge on any atom is -0.324 e. The molecule has 5 N–H and O–H groups in total. The maximum Gasteiger partial charge on any atom is 0.295 e. The van der Waals surface area contributed by atoms with E-state index >= 15 is 0 Å². The highest BCUT2D eigenvalue weighted by Crippen LogP contribution is 2.27. The van der Waals surface area contributed by atoms with E-state index in [4.69, 9.17) is 5.73 Å². The van der Waals surface area contributed by atoms with Gasteiger partial charge < -0.3 is 11.1 Å². The van der Waals surface area contributed by atoms with E-state index < -0.39 is 42.0 Å². The first-order valence-electron chi connectivity index (χ1n) is 9.85. The third-order valence-electron chi connectivity index (χ3n) is 4.80. The average Bonchev–Trinajstić information content (AvgIpc) is 2.82. The second kappa shape index (κ2) is 11.0. The Morgan fingerprint density at radius 2 is 1.53 bits per heavy atom. The zero-order valence-corrected chi connectivity index (χ0v) is 20.6. The van der Waals surface area contributed by atoms with Gasteiger partial charge in [-0.05, 0) is 65.3 Å². The Morgan fingerprint density at radius 1 is 0.972 bits per heavy atom. The summed E-state index contributed by atoms with van der Waals surface area (Å²) in [5.41, 5.74) is 6.54. The van der Waals surface area contributed by atoms with Crippen molar-refractivity contribution in [1.82, 2.24) is 4.98 Å². The van der Waals surface area contributed by atoms with Crippen molar-refractivity contribution in [3.63, 3.8) is 0 Å². The molecule has 0 fully saturated rings. The van der Waals surface area contributed by atoms with Gasteiger partial charge in [-0.15, -0.1) is 0 Å². The molecule has 0 aliphatic rings. The van der Waals surface area contributed by atoms with Crippen LogP contribution in [0.2, 0.25) is 0 Å². The maximum absolute atomic E-state index is 12.5. The molecule has 3 aromatic rings. The van der Waals surface area contributed by atoms with Crippen LogP contribution in [0.1, 0.15) is 22.7 Å². The van der Waals surface area contributed by atoms with E-state index in [1.165, 1.54) is 48.8 Å². The number of hydrogen-bond donors (Lipinski definition) is 4. The summed E-state index contributed by atoms with van der Waals surface area (Å²) in [6.45, 7) is 0. The second-order valence-corrected chi connectivity index (χ2v) is 10.2. The number of benzene rings is 2. The molecule has 11 nitrogen and oxygen atoms in total. The molecule has 36 heavy (non-hydrogen) atoms. The van der Waals surface area contributed by atoms with Crippen LogP contribution in [0.3, 0.4) is 0 Å². The van der Waals surface area contributed by atoms with Gasteiger partial charge in [0.15, 0.2) is 0 Å². The lowest BCUT2D eigenvalue weighted by molar-refractivity contribution is -0.117. The molecular formula is C22H18N4O7S3. The van der Waals surface area contributed by atoms with Crippen molar-refractivity contribution >= 4 is 67.0 Å². The molecule has 1 aromatic heterocycles. The first-order valence-corrected chi connectivity index (χ1v) is 13.1. The van der Waals surface area contributed by atoms with Crippen LogP contribution in [-0.2, 0) is 25.0 Å². The molecular weight excluding hydrogens is 528 g/mol. The molecule has 0 saturated carbocycles. The van der Waals surface area contributed by atoms with E-state index in [0.29, 0.717) is 5.56 Å². The number of anilines is 1. The molecule has 14 heteroatoms. The highest BCUT2D eigenvalue weighted by molar-refractivity contribution is 7.86. The van der Waals surface area contributed by atoms with Crippen molar-refractivity contribution in [2.24, 2.45) is 10.7 Å². The summed E-state index contributed by atoms with van der Waals surface area (Å²) in [5, 5.41) is 4.56. The van der Waals surface area contributed by atoms with Crippen LogP contribution >= 0.6 is 12.2 Å². The van der Waals surface area contributed by atoms with Crippen LogP contribution in [0.25, 0.3) is 12.2 Å². The van der Waals surface area contributed by atoms with Crippen molar-refractivity contribution in [3.8, 4) is 0 Å². The van der Waals surface area contributed by atoms with Crippen molar-refractivity contribution < 1.29 is 30.7 Å². The number of pyridine rings is 1. The summed E-state index contributed by atoms with van der Waals surface area (Å²) in [6, 6.07) is 9.49. The number of rotatable bonds is 8. The molecule has 0 saturated heterocycles. The predicted octanol–water partition coefficient (Wildman–Crippen LogP) is 3.12. The van der Waals surface area contributed by atoms with E-state index in [-0.39, 0.29) is 22.5 Å². The quantitative estimate of drug-likeness (QED) is 0.141. The van der Waals surface area contributed by atoms with Gasteiger partial charge in [-0.2, -0.15) is 21.8 Å². The molecule has 1 unspecified atom stereocenters. The van der Waals surface area contributed by atoms with Crippen molar-refractivity contribution in [1.29, 1.82) is 0 Å². The van der Waals surface area contributed by atoms with E-state index in [9.17, 15) is 30.7 Å².